The number of sulfone groups is 1. The number of hydrogen-bond acceptors (Lipinski definition) is 4. The molecular formula is C9H17NO3S. The second kappa shape index (κ2) is 4.89. The van der Waals surface area contributed by atoms with Gasteiger partial charge >= 0.3 is 0 Å². The molecule has 0 aromatic carbocycles. The lowest BCUT2D eigenvalue weighted by Gasteiger charge is -2.21. The van der Waals surface area contributed by atoms with E-state index in [1.807, 2.05) is 0 Å². The predicted octanol–water partition coefficient (Wildman–Crippen LogP) is 0.132. The van der Waals surface area contributed by atoms with Crippen molar-refractivity contribution in [2.45, 2.75) is 31.7 Å². The second-order valence-corrected chi connectivity index (χ2v) is 6.11. The summed E-state index contributed by atoms with van der Waals surface area (Å²) in [6.07, 6.45) is 4.33. The number of rotatable bonds is 4. The molecule has 0 saturated carbocycles. The van der Waals surface area contributed by atoms with Crippen LogP contribution in [-0.2, 0) is 14.6 Å². The lowest BCUT2D eigenvalue weighted by molar-refractivity contribution is -0.121. The maximum atomic E-state index is 11.5. The molecule has 0 radical (unpaired) electrons. The molecule has 1 aliphatic heterocycles. The van der Waals surface area contributed by atoms with E-state index >= 15 is 0 Å². The topological polar surface area (TPSA) is 63.2 Å². The van der Waals surface area contributed by atoms with Crippen LogP contribution in [0.1, 0.15) is 25.7 Å². The molecule has 14 heavy (non-hydrogen) atoms. The molecular weight excluding hydrogens is 202 g/mol. The molecule has 0 aliphatic carbocycles. The zero-order chi connectivity index (χ0) is 10.6. The van der Waals surface area contributed by atoms with Gasteiger partial charge in [-0.1, -0.05) is 6.42 Å². The van der Waals surface area contributed by atoms with Crippen molar-refractivity contribution in [3.8, 4) is 0 Å². The first kappa shape index (κ1) is 11.7. The Morgan fingerprint density at radius 2 is 2.14 bits per heavy atom. The van der Waals surface area contributed by atoms with Gasteiger partial charge in [-0.15, -0.1) is 0 Å². The van der Waals surface area contributed by atoms with Gasteiger partial charge in [-0.2, -0.15) is 0 Å². The van der Waals surface area contributed by atoms with Gasteiger partial charge in [0.2, 0.25) is 0 Å². The number of Topliss-reactive ketones (excluding diaryl/α,β-unsaturated/α-hetero) is 1. The van der Waals surface area contributed by atoms with E-state index in [4.69, 9.17) is 0 Å². The zero-order valence-electron chi connectivity index (χ0n) is 8.45. The van der Waals surface area contributed by atoms with Gasteiger partial charge in [0.25, 0.3) is 0 Å². The molecule has 1 atom stereocenters. The summed E-state index contributed by atoms with van der Waals surface area (Å²) in [7, 11) is -3.01. The fourth-order valence-corrected chi connectivity index (χ4v) is 2.16. The number of carbonyl (C=O) groups is 1. The van der Waals surface area contributed by atoms with Crippen LogP contribution in [0.4, 0.5) is 0 Å². The summed E-state index contributed by atoms with van der Waals surface area (Å²) in [5.74, 6) is 0.0134. The minimum atomic E-state index is -3.01. The number of carbonyl (C=O) groups excluding carboxylic acids is 1. The van der Waals surface area contributed by atoms with Gasteiger partial charge in [0.1, 0.15) is 9.84 Å². The van der Waals surface area contributed by atoms with E-state index in [-0.39, 0.29) is 24.0 Å². The van der Waals surface area contributed by atoms with Crippen LogP contribution in [0.2, 0.25) is 0 Å². The van der Waals surface area contributed by atoms with Gasteiger partial charge < -0.3 is 5.32 Å². The number of nitrogens with one attached hydrogen (secondary N) is 1. The van der Waals surface area contributed by atoms with Gasteiger partial charge in [0.05, 0.1) is 11.8 Å². The van der Waals surface area contributed by atoms with Crippen molar-refractivity contribution < 1.29 is 13.2 Å². The third-order valence-electron chi connectivity index (χ3n) is 2.42. The Balaban J connectivity index is 2.34. The summed E-state index contributed by atoms with van der Waals surface area (Å²) in [5, 5.41) is 3.11. The highest BCUT2D eigenvalue weighted by molar-refractivity contribution is 7.90. The number of ketones is 1. The quantitative estimate of drug-likeness (QED) is 0.730. The third-order valence-corrected chi connectivity index (χ3v) is 3.36. The predicted molar refractivity (Wildman–Crippen MR) is 55.0 cm³/mol. The molecule has 0 amide bonds. The minimum Gasteiger partial charge on any atom is -0.307 e. The summed E-state index contributed by atoms with van der Waals surface area (Å²) in [6, 6.07) is -0.106. The van der Waals surface area contributed by atoms with Crippen molar-refractivity contribution in [1.29, 1.82) is 0 Å². The van der Waals surface area contributed by atoms with E-state index in [2.05, 4.69) is 5.32 Å². The van der Waals surface area contributed by atoms with Crippen LogP contribution in [0, 0.1) is 0 Å². The third kappa shape index (κ3) is 4.19. The van der Waals surface area contributed by atoms with Crippen molar-refractivity contribution in [3.63, 3.8) is 0 Å². The average molecular weight is 219 g/mol. The van der Waals surface area contributed by atoms with E-state index in [0.717, 1.165) is 32.1 Å². The molecule has 0 aromatic heterocycles. The normalized spacial score (nSPS) is 23.4. The number of piperidine rings is 1. The SMILES string of the molecule is CS(=O)(=O)CCC(=O)C1CCCCN1. The molecule has 1 fully saturated rings. The minimum absolute atomic E-state index is 0.0238. The van der Waals surface area contributed by atoms with Crippen LogP contribution < -0.4 is 5.32 Å². The van der Waals surface area contributed by atoms with Crippen LogP contribution in [0.5, 0.6) is 0 Å². The van der Waals surface area contributed by atoms with E-state index in [9.17, 15) is 13.2 Å². The van der Waals surface area contributed by atoms with Crippen molar-refractivity contribution >= 4 is 15.6 Å². The lowest BCUT2D eigenvalue weighted by Crippen LogP contribution is -2.40. The zero-order valence-corrected chi connectivity index (χ0v) is 9.27. The van der Waals surface area contributed by atoms with Gasteiger partial charge in [-0.25, -0.2) is 8.42 Å². The molecule has 1 aliphatic rings. The van der Waals surface area contributed by atoms with Crippen LogP contribution >= 0.6 is 0 Å². The molecule has 5 heteroatoms. The molecule has 82 valence electrons. The molecule has 0 spiro atoms. The summed E-state index contributed by atoms with van der Waals surface area (Å²) in [4.78, 5) is 11.5. The van der Waals surface area contributed by atoms with E-state index < -0.39 is 9.84 Å². The Morgan fingerprint density at radius 3 is 2.64 bits per heavy atom. The van der Waals surface area contributed by atoms with Gasteiger partial charge in [-0.05, 0) is 19.4 Å². The molecule has 0 bridgehead atoms. The Bertz CT molecular complexity index is 291. The first-order chi connectivity index (χ1) is 6.49. The average Bonchev–Trinajstić information content (AvgIpc) is 2.14. The molecule has 1 heterocycles. The monoisotopic (exact) mass is 219 g/mol. The Hall–Kier alpha value is -0.420. The highest BCUT2D eigenvalue weighted by Crippen LogP contribution is 2.09. The largest absolute Gasteiger partial charge is 0.307 e. The van der Waals surface area contributed by atoms with Crippen molar-refractivity contribution in [3.05, 3.63) is 0 Å². The van der Waals surface area contributed by atoms with Gasteiger partial charge in [0, 0.05) is 12.7 Å². The van der Waals surface area contributed by atoms with Gasteiger partial charge in [-0.3, -0.25) is 4.79 Å². The van der Waals surface area contributed by atoms with E-state index in [1.54, 1.807) is 0 Å². The van der Waals surface area contributed by atoms with Crippen molar-refractivity contribution in [1.82, 2.24) is 5.32 Å². The lowest BCUT2D eigenvalue weighted by atomic mass is 10.00. The smallest absolute Gasteiger partial charge is 0.150 e. The summed E-state index contributed by atoms with van der Waals surface area (Å²) in [5.41, 5.74) is 0. The fraction of sp³-hybridized carbons (Fsp3) is 0.889. The number of hydrogen-bond donors (Lipinski definition) is 1. The molecule has 1 unspecified atom stereocenters. The van der Waals surface area contributed by atoms with Crippen LogP contribution in [-0.4, -0.2) is 38.8 Å². The Morgan fingerprint density at radius 1 is 1.43 bits per heavy atom. The van der Waals surface area contributed by atoms with Crippen molar-refractivity contribution in [2.24, 2.45) is 0 Å². The molecule has 4 nitrogen and oxygen atoms in total. The van der Waals surface area contributed by atoms with E-state index in [1.165, 1.54) is 0 Å². The highest BCUT2D eigenvalue weighted by Gasteiger charge is 2.20. The molecule has 1 rings (SSSR count). The summed E-state index contributed by atoms with van der Waals surface area (Å²) in [6.45, 7) is 0.870. The summed E-state index contributed by atoms with van der Waals surface area (Å²) < 4.78 is 21.7. The van der Waals surface area contributed by atoms with E-state index in [0.29, 0.717) is 0 Å². The van der Waals surface area contributed by atoms with Gasteiger partial charge in [0.15, 0.2) is 5.78 Å². The molecule has 1 N–H and O–H groups in total. The second-order valence-electron chi connectivity index (χ2n) is 3.85. The molecule has 0 aromatic rings. The summed E-state index contributed by atoms with van der Waals surface area (Å²) >= 11 is 0. The Kier molecular flexibility index (Phi) is 4.07. The van der Waals surface area contributed by atoms with Crippen LogP contribution in [0.25, 0.3) is 0 Å². The first-order valence-corrected chi connectivity index (χ1v) is 6.99. The van der Waals surface area contributed by atoms with Crippen LogP contribution in [0.3, 0.4) is 0 Å². The fourth-order valence-electron chi connectivity index (χ4n) is 1.59. The van der Waals surface area contributed by atoms with Crippen molar-refractivity contribution in [2.75, 3.05) is 18.6 Å². The Labute approximate surface area is 85.0 Å². The van der Waals surface area contributed by atoms with Crippen LogP contribution in [0.15, 0.2) is 0 Å². The maximum Gasteiger partial charge on any atom is 0.150 e. The molecule has 1 saturated heterocycles. The standard InChI is InChI=1S/C9H17NO3S/c1-14(12,13)7-5-9(11)8-4-2-3-6-10-8/h8,10H,2-7H2,1H3. The maximum absolute atomic E-state index is 11.5. The highest BCUT2D eigenvalue weighted by atomic mass is 32.2. The first-order valence-electron chi connectivity index (χ1n) is 4.93.